The van der Waals surface area contributed by atoms with Crippen LogP contribution in [0.4, 0.5) is 0 Å². The van der Waals surface area contributed by atoms with Gasteiger partial charge in [0.2, 0.25) is 0 Å². The Morgan fingerprint density at radius 2 is 2.00 bits per heavy atom. The van der Waals surface area contributed by atoms with Gasteiger partial charge in [-0.15, -0.1) is 0 Å². The van der Waals surface area contributed by atoms with Crippen LogP contribution in [0.15, 0.2) is 24.3 Å². The van der Waals surface area contributed by atoms with E-state index in [9.17, 15) is 4.79 Å². The highest BCUT2D eigenvalue weighted by Gasteiger charge is 2.10. The van der Waals surface area contributed by atoms with E-state index in [4.69, 9.17) is 9.47 Å². The Hall–Kier alpha value is -1.43. The first kappa shape index (κ1) is 15.0. The van der Waals surface area contributed by atoms with Gasteiger partial charge in [0.1, 0.15) is 0 Å². The minimum atomic E-state index is -0.0257. The van der Waals surface area contributed by atoms with E-state index in [1.54, 1.807) is 7.11 Å². The second kappa shape index (κ2) is 7.99. The van der Waals surface area contributed by atoms with Gasteiger partial charge in [-0.2, -0.15) is 0 Å². The fourth-order valence-electron chi connectivity index (χ4n) is 2.17. The molecule has 0 spiro atoms. The lowest BCUT2D eigenvalue weighted by molar-refractivity contribution is 0.0383. The molecule has 0 aliphatic carbocycles. The van der Waals surface area contributed by atoms with E-state index in [2.05, 4.69) is 10.2 Å². The summed E-state index contributed by atoms with van der Waals surface area (Å²) in [7, 11) is 1.66. The molecular formula is C15H22N2O3. The van der Waals surface area contributed by atoms with Crippen molar-refractivity contribution in [2.45, 2.75) is 6.61 Å². The van der Waals surface area contributed by atoms with Gasteiger partial charge in [0.15, 0.2) is 0 Å². The summed E-state index contributed by atoms with van der Waals surface area (Å²) in [5, 5.41) is 2.95. The minimum Gasteiger partial charge on any atom is -0.380 e. The van der Waals surface area contributed by atoms with Crippen LogP contribution in [0.1, 0.15) is 15.9 Å². The number of amides is 1. The van der Waals surface area contributed by atoms with Crippen LogP contribution in [0.25, 0.3) is 0 Å². The average Bonchev–Trinajstić information content (AvgIpc) is 2.49. The quantitative estimate of drug-likeness (QED) is 0.840. The lowest BCUT2D eigenvalue weighted by atomic mass is 10.1. The lowest BCUT2D eigenvalue weighted by Crippen LogP contribution is -2.41. The zero-order chi connectivity index (χ0) is 14.2. The van der Waals surface area contributed by atoms with Crippen LogP contribution in [-0.2, 0) is 16.1 Å². The fourth-order valence-corrected chi connectivity index (χ4v) is 2.17. The summed E-state index contributed by atoms with van der Waals surface area (Å²) in [6.45, 7) is 5.57. The molecule has 1 amide bonds. The van der Waals surface area contributed by atoms with E-state index < -0.39 is 0 Å². The van der Waals surface area contributed by atoms with Crippen LogP contribution in [0.5, 0.6) is 0 Å². The number of carbonyl (C=O) groups excluding carboxylic acids is 1. The zero-order valence-electron chi connectivity index (χ0n) is 11.9. The minimum absolute atomic E-state index is 0.0257. The molecule has 1 aliphatic rings. The molecule has 5 heteroatoms. The molecule has 20 heavy (non-hydrogen) atoms. The first-order valence-electron chi connectivity index (χ1n) is 6.96. The van der Waals surface area contributed by atoms with Crippen LogP contribution in [0.3, 0.4) is 0 Å². The molecule has 0 aromatic heterocycles. The highest BCUT2D eigenvalue weighted by atomic mass is 16.5. The second-order valence-corrected chi connectivity index (χ2v) is 4.84. The zero-order valence-corrected chi connectivity index (χ0v) is 11.9. The molecule has 1 aliphatic heterocycles. The molecule has 2 rings (SSSR count). The summed E-state index contributed by atoms with van der Waals surface area (Å²) in [6.07, 6.45) is 0. The van der Waals surface area contributed by atoms with Gasteiger partial charge >= 0.3 is 0 Å². The summed E-state index contributed by atoms with van der Waals surface area (Å²) >= 11 is 0. The van der Waals surface area contributed by atoms with Gasteiger partial charge in [-0.05, 0) is 17.7 Å². The van der Waals surface area contributed by atoms with Gasteiger partial charge in [0.05, 0.1) is 19.8 Å². The van der Waals surface area contributed by atoms with Crippen molar-refractivity contribution in [3.8, 4) is 0 Å². The Balaban J connectivity index is 1.73. The van der Waals surface area contributed by atoms with E-state index in [1.165, 1.54) is 0 Å². The molecule has 1 saturated heterocycles. The highest BCUT2D eigenvalue weighted by molar-refractivity contribution is 5.94. The van der Waals surface area contributed by atoms with E-state index in [0.29, 0.717) is 18.7 Å². The van der Waals surface area contributed by atoms with Crippen molar-refractivity contribution in [1.29, 1.82) is 0 Å². The standard InChI is InChI=1S/C15H22N2O3/c1-19-12-13-2-4-14(5-3-13)15(18)16-6-7-17-8-10-20-11-9-17/h2-5H,6-12H2,1H3,(H,16,18). The van der Waals surface area contributed by atoms with Crippen LogP contribution in [-0.4, -0.2) is 57.3 Å². The number of hydrogen-bond donors (Lipinski definition) is 1. The summed E-state index contributed by atoms with van der Waals surface area (Å²) in [5.74, 6) is -0.0257. The first-order valence-corrected chi connectivity index (χ1v) is 6.96. The Morgan fingerprint density at radius 3 is 2.65 bits per heavy atom. The maximum absolute atomic E-state index is 12.0. The van der Waals surface area contributed by atoms with Gasteiger partial charge in [0, 0.05) is 38.9 Å². The Labute approximate surface area is 119 Å². The number of nitrogens with zero attached hydrogens (tertiary/aromatic N) is 1. The molecule has 5 nitrogen and oxygen atoms in total. The van der Waals surface area contributed by atoms with Crippen LogP contribution >= 0.6 is 0 Å². The van der Waals surface area contributed by atoms with Crippen LogP contribution in [0.2, 0.25) is 0 Å². The summed E-state index contributed by atoms with van der Waals surface area (Å²) in [4.78, 5) is 14.3. The van der Waals surface area contributed by atoms with Crippen molar-refractivity contribution < 1.29 is 14.3 Å². The third kappa shape index (κ3) is 4.59. The molecule has 0 bridgehead atoms. The van der Waals surface area contributed by atoms with Gasteiger partial charge < -0.3 is 14.8 Å². The molecule has 1 aromatic carbocycles. The number of rotatable bonds is 6. The third-order valence-corrected chi connectivity index (χ3v) is 3.34. The van der Waals surface area contributed by atoms with E-state index in [-0.39, 0.29) is 5.91 Å². The smallest absolute Gasteiger partial charge is 0.251 e. The monoisotopic (exact) mass is 278 g/mol. The van der Waals surface area contributed by atoms with Gasteiger partial charge in [-0.1, -0.05) is 12.1 Å². The fraction of sp³-hybridized carbons (Fsp3) is 0.533. The van der Waals surface area contributed by atoms with Crippen molar-refractivity contribution in [1.82, 2.24) is 10.2 Å². The number of benzene rings is 1. The molecule has 1 N–H and O–H groups in total. The summed E-state index contributed by atoms with van der Waals surface area (Å²) in [6, 6.07) is 7.50. The van der Waals surface area contributed by atoms with Gasteiger partial charge in [-0.3, -0.25) is 9.69 Å². The molecule has 110 valence electrons. The number of methoxy groups -OCH3 is 1. The number of nitrogens with one attached hydrogen (secondary N) is 1. The number of carbonyl (C=O) groups is 1. The maximum atomic E-state index is 12.0. The maximum Gasteiger partial charge on any atom is 0.251 e. The van der Waals surface area contributed by atoms with E-state index >= 15 is 0 Å². The van der Waals surface area contributed by atoms with Crippen molar-refractivity contribution >= 4 is 5.91 Å². The molecular weight excluding hydrogens is 256 g/mol. The van der Waals surface area contributed by atoms with Crippen LogP contribution < -0.4 is 5.32 Å². The first-order chi connectivity index (χ1) is 9.79. The number of hydrogen-bond acceptors (Lipinski definition) is 4. The molecule has 1 heterocycles. The van der Waals surface area contributed by atoms with Crippen molar-refractivity contribution in [3.63, 3.8) is 0 Å². The van der Waals surface area contributed by atoms with Crippen molar-refractivity contribution in [3.05, 3.63) is 35.4 Å². The predicted molar refractivity (Wildman–Crippen MR) is 76.7 cm³/mol. The van der Waals surface area contributed by atoms with Crippen molar-refractivity contribution in [2.24, 2.45) is 0 Å². The normalized spacial score (nSPS) is 16.1. The van der Waals surface area contributed by atoms with Crippen molar-refractivity contribution in [2.75, 3.05) is 46.5 Å². The van der Waals surface area contributed by atoms with E-state index in [0.717, 1.165) is 38.4 Å². The number of ether oxygens (including phenoxy) is 2. The lowest BCUT2D eigenvalue weighted by Gasteiger charge is -2.26. The molecule has 0 atom stereocenters. The van der Waals surface area contributed by atoms with E-state index in [1.807, 2.05) is 24.3 Å². The third-order valence-electron chi connectivity index (χ3n) is 3.34. The molecule has 1 aromatic rings. The topological polar surface area (TPSA) is 50.8 Å². The molecule has 1 fully saturated rings. The second-order valence-electron chi connectivity index (χ2n) is 4.84. The highest BCUT2D eigenvalue weighted by Crippen LogP contribution is 2.05. The SMILES string of the molecule is COCc1ccc(C(=O)NCCN2CCOCC2)cc1. The average molecular weight is 278 g/mol. The molecule has 0 radical (unpaired) electrons. The molecule has 0 saturated carbocycles. The summed E-state index contributed by atoms with van der Waals surface area (Å²) < 4.78 is 10.3. The largest absolute Gasteiger partial charge is 0.380 e. The number of morpholine rings is 1. The van der Waals surface area contributed by atoms with Gasteiger partial charge in [0.25, 0.3) is 5.91 Å². The Morgan fingerprint density at radius 1 is 1.30 bits per heavy atom. The van der Waals surface area contributed by atoms with Gasteiger partial charge in [-0.25, -0.2) is 0 Å². The predicted octanol–water partition coefficient (Wildman–Crippen LogP) is 0.895. The summed E-state index contributed by atoms with van der Waals surface area (Å²) in [5.41, 5.74) is 1.75. The molecule has 0 unspecified atom stereocenters. The Bertz CT molecular complexity index is 414. The van der Waals surface area contributed by atoms with Crippen LogP contribution in [0, 0.1) is 0 Å². The Kier molecular flexibility index (Phi) is 5.98.